The molecule has 2 aromatic rings. The van der Waals surface area contributed by atoms with Crippen LogP contribution >= 0.6 is 0 Å². The number of aromatic hydroxyl groups is 1. The summed E-state index contributed by atoms with van der Waals surface area (Å²) in [6.45, 7) is 3.62. The van der Waals surface area contributed by atoms with Gasteiger partial charge in [-0.05, 0) is 31.0 Å². The van der Waals surface area contributed by atoms with E-state index in [1.165, 1.54) is 0 Å². The largest absolute Gasteiger partial charge is 0.508 e. The third-order valence-corrected chi connectivity index (χ3v) is 4.43. The van der Waals surface area contributed by atoms with Crippen molar-refractivity contribution < 1.29 is 20.1 Å². The zero-order valence-electron chi connectivity index (χ0n) is 13.4. The summed E-state index contributed by atoms with van der Waals surface area (Å²) in [6, 6.07) is 12.8. The van der Waals surface area contributed by atoms with Gasteiger partial charge in [0, 0.05) is 24.5 Å². The maximum Gasteiger partial charge on any atom is 0.129 e. The van der Waals surface area contributed by atoms with Crippen LogP contribution in [0.5, 0.6) is 11.5 Å². The number of aliphatic hydroxyl groups is 2. The summed E-state index contributed by atoms with van der Waals surface area (Å²) in [6.07, 6.45) is -0.600. The van der Waals surface area contributed by atoms with Crippen molar-refractivity contribution in [2.24, 2.45) is 0 Å². The summed E-state index contributed by atoms with van der Waals surface area (Å²) in [7, 11) is 0. The smallest absolute Gasteiger partial charge is 0.129 e. The molecule has 2 aromatic carbocycles. The molecule has 0 fully saturated rings. The second-order valence-corrected chi connectivity index (χ2v) is 6.64. The van der Waals surface area contributed by atoms with Gasteiger partial charge in [0.05, 0.1) is 12.2 Å². The Balaban J connectivity index is 1.95. The van der Waals surface area contributed by atoms with Crippen LogP contribution in [0.15, 0.2) is 42.5 Å². The predicted octanol–water partition coefficient (Wildman–Crippen LogP) is 2.74. The molecule has 0 saturated heterocycles. The van der Waals surface area contributed by atoms with E-state index in [0.29, 0.717) is 24.2 Å². The number of fused-ring (bicyclic) bond motifs is 1. The van der Waals surface area contributed by atoms with Crippen LogP contribution in [0.25, 0.3) is 0 Å². The average molecular weight is 314 g/mol. The Morgan fingerprint density at radius 2 is 1.91 bits per heavy atom. The third-order valence-electron chi connectivity index (χ3n) is 4.43. The topological polar surface area (TPSA) is 69.9 Å². The lowest BCUT2D eigenvalue weighted by Gasteiger charge is -2.38. The van der Waals surface area contributed by atoms with Gasteiger partial charge in [0.1, 0.15) is 17.1 Å². The van der Waals surface area contributed by atoms with Crippen LogP contribution < -0.4 is 4.74 Å². The fourth-order valence-corrected chi connectivity index (χ4v) is 3.00. The fourth-order valence-electron chi connectivity index (χ4n) is 3.00. The maximum atomic E-state index is 10.6. The van der Waals surface area contributed by atoms with Crippen LogP contribution in [0.1, 0.15) is 36.6 Å². The van der Waals surface area contributed by atoms with Crippen molar-refractivity contribution in [2.45, 2.75) is 44.5 Å². The lowest BCUT2D eigenvalue weighted by atomic mass is 9.86. The molecular formula is C19H22O4. The minimum atomic E-state index is -0.768. The van der Waals surface area contributed by atoms with Crippen LogP contribution in [-0.2, 0) is 12.8 Å². The van der Waals surface area contributed by atoms with Crippen LogP contribution in [-0.4, -0.2) is 27.0 Å². The molecule has 0 bridgehead atoms. The molecule has 2 unspecified atom stereocenters. The molecule has 0 spiro atoms. The van der Waals surface area contributed by atoms with E-state index >= 15 is 0 Å². The molecule has 0 radical (unpaired) electrons. The summed E-state index contributed by atoms with van der Waals surface area (Å²) >= 11 is 0. The molecule has 0 aliphatic carbocycles. The summed E-state index contributed by atoms with van der Waals surface area (Å²) in [5.74, 6) is 0.584. The van der Waals surface area contributed by atoms with Gasteiger partial charge in [0.15, 0.2) is 0 Å². The molecule has 2 atom stereocenters. The van der Waals surface area contributed by atoms with Crippen molar-refractivity contribution in [3.05, 3.63) is 59.2 Å². The first-order valence-corrected chi connectivity index (χ1v) is 7.81. The molecule has 1 aliphatic heterocycles. The minimum Gasteiger partial charge on any atom is -0.508 e. The number of hydrogen-bond acceptors (Lipinski definition) is 4. The fraction of sp³-hybridized carbons (Fsp3) is 0.368. The van der Waals surface area contributed by atoms with Crippen LogP contribution in [0.4, 0.5) is 0 Å². The SMILES string of the molecule is CC1(C)Oc2cc(O)cc(C(O)Cc3ccccc3)c2CC1O. The maximum absolute atomic E-state index is 10.6. The molecule has 3 rings (SSSR count). The molecule has 122 valence electrons. The Kier molecular flexibility index (Phi) is 4.04. The first-order chi connectivity index (χ1) is 10.9. The van der Waals surface area contributed by atoms with E-state index in [-0.39, 0.29) is 5.75 Å². The normalized spacial score (nSPS) is 20.4. The van der Waals surface area contributed by atoms with Crippen molar-refractivity contribution >= 4 is 0 Å². The highest BCUT2D eigenvalue weighted by Gasteiger charge is 2.37. The molecular weight excluding hydrogens is 292 g/mol. The van der Waals surface area contributed by atoms with Crippen molar-refractivity contribution in [1.29, 1.82) is 0 Å². The van der Waals surface area contributed by atoms with Gasteiger partial charge in [0.25, 0.3) is 0 Å². The zero-order chi connectivity index (χ0) is 16.6. The van der Waals surface area contributed by atoms with Crippen molar-refractivity contribution in [2.75, 3.05) is 0 Å². The molecule has 3 N–H and O–H groups in total. The number of phenolic OH excluding ortho intramolecular Hbond substituents is 1. The van der Waals surface area contributed by atoms with E-state index in [4.69, 9.17) is 4.74 Å². The van der Waals surface area contributed by atoms with E-state index < -0.39 is 17.8 Å². The first kappa shape index (κ1) is 15.8. The number of rotatable bonds is 3. The number of aliphatic hydroxyl groups excluding tert-OH is 2. The summed E-state index contributed by atoms with van der Waals surface area (Å²) < 4.78 is 5.83. The first-order valence-electron chi connectivity index (χ1n) is 7.81. The van der Waals surface area contributed by atoms with Crippen LogP contribution in [0.3, 0.4) is 0 Å². The standard InChI is InChI=1S/C19H22O4/c1-19(2)18(22)11-15-14(9-13(20)10-17(15)23-19)16(21)8-12-6-4-3-5-7-12/h3-7,9-10,16,18,20-22H,8,11H2,1-2H3. The zero-order valence-corrected chi connectivity index (χ0v) is 13.4. The Hall–Kier alpha value is -2.04. The number of hydrogen-bond donors (Lipinski definition) is 3. The highest BCUT2D eigenvalue weighted by atomic mass is 16.5. The van der Waals surface area contributed by atoms with Gasteiger partial charge in [-0.25, -0.2) is 0 Å². The monoisotopic (exact) mass is 314 g/mol. The number of ether oxygens (including phenoxy) is 1. The van der Waals surface area contributed by atoms with Crippen LogP contribution in [0, 0.1) is 0 Å². The third kappa shape index (κ3) is 3.19. The number of phenols is 1. The minimum absolute atomic E-state index is 0.0538. The van der Waals surface area contributed by atoms with Crippen molar-refractivity contribution in [1.82, 2.24) is 0 Å². The van der Waals surface area contributed by atoms with E-state index in [2.05, 4.69) is 0 Å². The summed E-state index contributed by atoms with van der Waals surface area (Å²) in [5.41, 5.74) is 1.66. The van der Waals surface area contributed by atoms with Gasteiger partial charge in [-0.2, -0.15) is 0 Å². The van der Waals surface area contributed by atoms with Gasteiger partial charge in [-0.1, -0.05) is 30.3 Å². The van der Waals surface area contributed by atoms with E-state index in [1.54, 1.807) is 12.1 Å². The lowest BCUT2D eigenvalue weighted by molar-refractivity contribution is -0.0420. The van der Waals surface area contributed by atoms with E-state index in [1.807, 2.05) is 44.2 Å². The van der Waals surface area contributed by atoms with Crippen molar-refractivity contribution in [3.8, 4) is 11.5 Å². The second kappa shape index (κ2) is 5.87. The molecule has 0 saturated carbocycles. The molecule has 4 nitrogen and oxygen atoms in total. The quantitative estimate of drug-likeness (QED) is 0.815. The van der Waals surface area contributed by atoms with Gasteiger partial charge < -0.3 is 20.1 Å². The Labute approximate surface area is 136 Å². The molecule has 0 aromatic heterocycles. The molecule has 23 heavy (non-hydrogen) atoms. The van der Waals surface area contributed by atoms with E-state index in [0.717, 1.165) is 11.1 Å². The molecule has 1 heterocycles. The highest BCUT2D eigenvalue weighted by molar-refractivity contribution is 5.49. The molecule has 0 amide bonds. The van der Waals surface area contributed by atoms with Gasteiger partial charge in [-0.3, -0.25) is 0 Å². The Morgan fingerprint density at radius 1 is 1.22 bits per heavy atom. The van der Waals surface area contributed by atoms with E-state index in [9.17, 15) is 15.3 Å². The second-order valence-electron chi connectivity index (χ2n) is 6.64. The number of benzene rings is 2. The summed E-state index contributed by atoms with van der Waals surface area (Å²) in [5, 5.41) is 30.9. The Bertz CT molecular complexity index is 694. The van der Waals surface area contributed by atoms with Gasteiger partial charge in [0.2, 0.25) is 0 Å². The summed E-state index contributed by atoms with van der Waals surface area (Å²) in [4.78, 5) is 0. The predicted molar refractivity (Wildman–Crippen MR) is 87.6 cm³/mol. The van der Waals surface area contributed by atoms with Crippen molar-refractivity contribution in [3.63, 3.8) is 0 Å². The molecule has 1 aliphatic rings. The molecule has 4 heteroatoms. The Morgan fingerprint density at radius 3 is 2.61 bits per heavy atom. The average Bonchev–Trinajstić information content (AvgIpc) is 2.49. The van der Waals surface area contributed by atoms with Gasteiger partial charge in [-0.15, -0.1) is 0 Å². The highest BCUT2D eigenvalue weighted by Crippen LogP contribution is 2.40. The van der Waals surface area contributed by atoms with Gasteiger partial charge >= 0.3 is 0 Å². The van der Waals surface area contributed by atoms with Crippen LogP contribution in [0.2, 0.25) is 0 Å². The lowest BCUT2D eigenvalue weighted by Crippen LogP contribution is -2.46.